The maximum Gasteiger partial charge on any atom is 0.254 e. The van der Waals surface area contributed by atoms with Crippen LogP contribution in [0.3, 0.4) is 0 Å². The van der Waals surface area contributed by atoms with E-state index in [0.29, 0.717) is 24.9 Å². The Balaban J connectivity index is 1.60. The Labute approximate surface area is 195 Å². The van der Waals surface area contributed by atoms with Crippen LogP contribution in [0.25, 0.3) is 0 Å². The fourth-order valence-electron chi connectivity index (χ4n) is 4.28. The van der Waals surface area contributed by atoms with Crippen molar-refractivity contribution in [1.29, 1.82) is 0 Å². The molecule has 1 atom stereocenters. The lowest BCUT2D eigenvalue weighted by molar-refractivity contribution is -0.118. The van der Waals surface area contributed by atoms with Gasteiger partial charge in [-0.1, -0.05) is 61.5 Å². The number of carbonyl (C=O) groups excluding carboxylic acids is 2. The third-order valence-corrected chi connectivity index (χ3v) is 6.34. The van der Waals surface area contributed by atoms with E-state index >= 15 is 0 Å². The SMILES string of the molecule is CCc1ccc(C(O)CN(Cc2ccccc2)C(=O)c2ccc3c(c2)CCC(=O)N3C)cc1. The predicted octanol–water partition coefficient (Wildman–Crippen LogP) is 4.53. The van der Waals surface area contributed by atoms with Gasteiger partial charge in [0, 0.05) is 31.3 Å². The lowest BCUT2D eigenvalue weighted by Crippen LogP contribution is -2.35. The van der Waals surface area contributed by atoms with Gasteiger partial charge in [0.15, 0.2) is 0 Å². The molecule has 1 heterocycles. The molecular formula is C28H30N2O3. The molecule has 3 aromatic carbocycles. The number of aliphatic hydroxyl groups excluding tert-OH is 1. The maximum absolute atomic E-state index is 13.6. The van der Waals surface area contributed by atoms with E-state index in [2.05, 4.69) is 6.92 Å². The molecule has 2 amide bonds. The van der Waals surface area contributed by atoms with Gasteiger partial charge in [-0.05, 0) is 53.3 Å². The fraction of sp³-hybridized carbons (Fsp3) is 0.286. The van der Waals surface area contributed by atoms with Crippen LogP contribution in [0.15, 0.2) is 72.8 Å². The molecule has 0 bridgehead atoms. The highest BCUT2D eigenvalue weighted by Crippen LogP contribution is 2.28. The number of carbonyl (C=O) groups is 2. The van der Waals surface area contributed by atoms with Crippen LogP contribution in [0.2, 0.25) is 0 Å². The van der Waals surface area contributed by atoms with E-state index in [1.807, 2.05) is 66.7 Å². The number of hydrogen-bond acceptors (Lipinski definition) is 3. The van der Waals surface area contributed by atoms with Crippen molar-refractivity contribution in [3.63, 3.8) is 0 Å². The molecule has 1 N–H and O–H groups in total. The minimum absolute atomic E-state index is 0.0875. The average Bonchev–Trinajstić information content (AvgIpc) is 2.86. The summed E-state index contributed by atoms with van der Waals surface area (Å²) in [5.41, 5.74) is 5.43. The van der Waals surface area contributed by atoms with Crippen molar-refractivity contribution in [2.75, 3.05) is 18.5 Å². The van der Waals surface area contributed by atoms with Crippen LogP contribution in [0.1, 0.15) is 52.1 Å². The smallest absolute Gasteiger partial charge is 0.254 e. The Hall–Kier alpha value is -3.44. The molecule has 5 nitrogen and oxygen atoms in total. The largest absolute Gasteiger partial charge is 0.387 e. The first kappa shape index (κ1) is 22.7. The van der Waals surface area contributed by atoms with E-state index in [-0.39, 0.29) is 18.4 Å². The van der Waals surface area contributed by atoms with Gasteiger partial charge in [-0.25, -0.2) is 0 Å². The lowest BCUT2D eigenvalue weighted by atomic mass is 9.98. The number of nitrogens with zero attached hydrogens (tertiary/aromatic N) is 2. The van der Waals surface area contributed by atoms with Crippen molar-refractivity contribution >= 4 is 17.5 Å². The number of fused-ring (bicyclic) bond motifs is 1. The van der Waals surface area contributed by atoms with Crippen LogP contribution in [0.5, 0.6) is 0 Å². The summed E-state index contributed by atoms with van der Waals surface area (Å²) in [5, 5.41) is 10.9. The number of amides is 2. The van der Waals surface area contributed by atoms with Gasteiger partial charge in [-0.3, -0.25) is 9.59 Å². The summed E-state index contributed by atoms with van der Waals surface area (Å²) in [7, 11) is 1.77. The average molecular weight is 443 g/mol. The van der Waals surface area contributed by atoms with Crippen LogP contribution in [0, 0.1) is 0 Å². The molecule has 0 spiro atoms. The van der Waals surface area contributed by atoms with Gasteiger partial charge in [0.1, 0.15) is 0 Å². The fourth-order valence-corrected chi connectivity index (χ4v) is 4.28. The summed E-state index contributed by atoms with van der Waals surface area (Å²) in [6, 6.07) is 23.2. The summed E-state index contributed by atoms with van der Waals surface area (Å²) in [5.74, 6) is -0.0464. The summed E-state index contributed by atoms with van der Waals surface area (Å²) in [4.78, 5) is 28.9. The Morgan fingerprint density at radius 2 is 1.73 bits per heavy atom. The molecule has 0 radical (unpaired) electrons. The van der Waals surface area contributed by atoms with E-state index in [0.717, 1.165) is 28.8 Å². The third kappa shape index (κ3) is 5.15. The first-order valence-electron chi connectivity index (χ1n) is 11.5. The van der Waals surface area contributed by atoms with Gasteiger partial charge < -0.3 is 14.9 Å². The molecule has 170 valence electrons. The number of anilines is 1. The third-order valence-electron chi connectivity index (χ3n) is 6.34. The van der Waals surface area contributed by atoms with Gasteiger partial charge in [0.25, 0.3) is 5.91 Å². The molecular weight excluding hydrogens is 412 g/mol. The van der Waals surface area contributed by atoms with Crippen molar-refractivity contribution in [3.05, 3.63) is 101 Å². The molecule has 0 aliphatic carbocycles. The topological polar surface area (TPSA) is 60.9 Å². The van der Waals surface area contributed by atoms with Gasteiger partial charge in [0.2, 0.25) is 5.91 Å². The van der Waals surface area contributed by atoms with E-state index in [1.54, 1.807) is 22.9 Å². The van der Waals surface area contributed by atoms with E-state index in [9.17, 15) is 14.7 Å². The van der Waals surface area contributed by atoms with Gasteiger partial charge in [-0.2, -0.15) is 0 Å². The van der Waals surface area contributed by atoms with E-state index < -0.39 is 6.10 Å². The molecule has 3 aromatic rings. The van der Waals surface area contributed by atoms with Crippen LogP contribution < -0.4 is 4.90 Å². The molecule has 33 heavy (non-hydrogen) atoms. The van der Waals surface area contributed by atoms with Gasteiger partial charge in [-0.15, -0.1) is 0 Å². The van der Waals surface area contributed by atoms with Crippen molar-refractivity contribution in [2.24, 2.45) is 0 Å². The Morgan fingerprint density at radius 1 is 1.00 bits per heavy atom. The number of benzene rings is 3. The second-order valence-electron chi connectivity index (χ2n) is 8.58. The number of rotatable bonds is 7. The van der Waals surface area contributed by atoms with E-state index in [1.165, 1.54) is 5.56 Å². The Morgan fingerprint density at radius 3 is 2.42 bits per heavy atom. The lowest BCUT2D eigenvalue weighted by Gasteiger charge is -2.28. The molecule has 0 aromatic heterocycles. The normalized spacial score (nSPS) is 14.0. The van der Waals surface area contributed by atoms with Gasteiger partial charge >= 0.3 is 0 Å². The van der Waals surface area contributed by atoms with E-state index in [4.69, 9.17) is 0 Å². The Kier molecular flexibility index (Phi) is 6.90. The molecule has 0 fully saturated rings. The second-order valence-corrected chi connectivity index (χ2v) is 8.58. The first-order chi connectivity index (χ1) is 16.0. The van der Waals surface area contributed by atoms with Crippen LogP contribution >= 0.6 is 0 Å². The van der Waals surface area contributed by atoms with Crippen molar-refractivity contribution < 1.29 is 14.7 Å². The minimum Gasteiger partial charge on any atom is -0.387 e. The molecule has 0 saturated carbocycles. The molecule has 5 heteroatoms. The minimum atomic E-state index is -0.787. The van der Waals surface area contributed by atoms with Crippen molar-refractivity contribution in [3.8, 4) is 0 Å². The van der Waals surface area contributed by atoms with Crippen molar-refractivity contribution in [1.82, 2.24) is 4.90 Å². The molecule has 1 aliphatic rings. The highest BCUT2D eigenvalue weighted by Gasteiger charge is 2.25. The number of hydrogen-bond donors (Lipinski definition) is 1. The zero-order chi connectivity index (χ0) is 23.4. The zero-order valence-electron chi connectivity index (χ0n) is 19.2. The predicted molar refractivity (Wildman–Crippen MR) is 130 cm³/mol. The second kappa shape index (κ2) is 10.0. The number of aliphatic hydroxyl groups is 1. The monoisotopic (exact) mass is 442 g/mol. The first-order valence-corrected chi connectivity index (χ1v) is 11.5. The van der Waals surface area contributed by atoms with Gasteiger partial charge in [0.05, 0.1) is 12.6 Å². The zero-order valence-corrected chi connectivity index (χ0v) is 19.2. The highest BCUT2D eigenvalue weighted by molar-refractivity contribution is 5.99. The number of aryl methyl sites for hydroxylation is 2. The standard InChI is InChI=1S/C28H30N2O3/c1-3-20-9-11-22(12-10-20)26(31)19-30(18-21-7-5-4-6-8-21)28(33)24-13-15-25-23(17-24)14-16-27(32)29(25)2/h4-13,15,17,26,31H,3,14,16,18-19H2,1-2H3. The summed E-state index contributed by atoms with van der Waals surface area (Å²) < 4.78 is 0. The molecule has 1 unspecified atom stereocenters. The van der Waals surface area contributed by atoms with Crippen molar-refractivity contribution in [2.45, 2.75) is 38.8 Å². The quantitative estimate of drug-likeness (QED) is 0.585. The maximum atomic E-state index is 13.6. The molecule has 0 saturated heterocycles. The summed E-state index contributed by atoms with van der Waals surface area (Å²) >= 11 is 0. The van der Waals surface area contributed by atoms with Crippen LogP contribution in [-0.4, -0.2) is 35.4 Å². The Bertz CT molecular complexity index is 1130. The summed E-state index contributed by atoms with van der Waals surface area (Å²) in [6.45, 7) is 2.69. The molecule has 1 aliphatic heterocycles. The van der Waals surface area contributed by atoms with Crippen LogP contribution in [-0.2, 0) is 24.2 Å². The molecule has 4 rings (SSSR count). The summed E-state index contributed by atoms with van der Waals surface area (Å²) in [6.07, 6.45) is 1.23. The highest BCUT2D eigenvalue weighted by atomic mass is 16.3. The van der Waals surface area contributed by atoms with Crippen LogP contribution in [0.4, 0.5) is 5.69 Å².